The lowest BCUT2D eigenvalue weighted by Crippen LogP contribution is -2.04. The summed E-state index contributed by atoms with van der Waals surface area (Å²) < 4.78 is 59.7. The second-order valence-corrected chi connectivity index (χ2v) is 7.18. The highest BCUT2D eigenvalue weighted by molar-refractivity contribution is 5.86. The van der Waals surface area contributed by atoms with Gasteiger partial charge in [0.2, 0.25) is 0 Å². The highest BCUT2D eigenvalue weighted by Gasteiger charge is 2.30. The normalized spacial score (nSPS) is 11.7. The Labute approximate surface area is 177 Å². The number of aryl methyl sites for hydroxylation is 1. The van der Waals surface area contributed by atoms with E-state index in [1.54, 1.807) is 37.3 Å². The van der Waals surface area contributed by atoms with Crippen LogP contribution in [0.3, 0.4) is 0 Å². The Balaban J connectivity index is 1.76. The smallest absolute Gasteiger partial charge is 0.416 e. The maximum absolute atomic E-state index is 15.0. The summed E-state index contributed by atoms with van der Waals surface area (Å²) in [6.45, 7) is 4.05. The van der Waals surface area contributed by atoms with E-state index >= 15 is 4.39 Å². The van der Waals surface area contributed by atoms with Crippen molar-refractivity contribution < 1.29 is 22.3 Å². The van der Waals surface area contributed by atoms with Crippen LogP contribution in [0.4, 0.5) is 17.6 Å². The third kappa shape index (κ3) is 4.10. The average molecular weight is 425 g/mol. The predicted molar refractivity (Wildman–Crippen MR) is 113 cm³/mol. The van der Waals surface area contributed by atoms with Crippen LogP contribution in [0.2, 0.25) is 0 Å². The minimum Gasteiger partial charge on any atom is -0.493 e. The van der Waals surface area contributed by atoms with Gasteiger partial charge in [0, 0.05) is 22.1 Å². The van der Waals surface area contributed by atoms with E-state index in [1.807, 2.05) is 19.1 Å². The quantitative estimate of drug-likeness (QED) is 0.317. The van der Waals surface area contributed by atoms with Gasteiger partial charge in [-0.2, -0.15) is 13.2 Å². The fourth-order valence-corrected chi connectivity index (χ4v) is 3.58. The molecule has 0 atom stereocenters. The largest absolute Gasteiger partial charge is 0.493 e. The van der Waals surface area contributed by atoms with Crippen LogP contribution in [0.15, 0.2) is 66.7 Å². The molecule has 2 nitrogen and oxygen atoms in total. The molecule has 0 unspecified atom stereocenters. The summed E-state index contributed by atoms with van der Waals surface area (Å²) in [7, 11) is 0. The first-order valence-corrected chi connectivity index (χ1v) is 9.78. The molecule has 31 heavy (non-hydrogen) atoms. The Morgan fingerprint density at radius 2 is 1.68 bits per heavy atom. The second kappa shape index (κ2) is 8.02. The number of aromatic nitrogens is 1. The molecule has 0 saturated heterocycles. The van der Waals surface area contributed by atoms with Crippen molar-refractivity contribution in [3.63, 3.8) is 0 Å². The highest BCUT2D eigenvalue weighted by Crippen LogP contribution is 2.35. The molecule has 0 aliphatic rings. The summed E-state index contributed by atoms with van der Waals surface area (Å²) >= 11 is 0. The standard InChI is InChI=1S/C25H19F4NO/c1-3-31-24-7-5-4-6-19(24)18-10-8-16(13-21(18)26)23-12-15(2)20-14-17(25(27,28)29)9-11-22(20)30-23/h4-14H,3H2,1-2H3. The number of benzene rings is 3. The maximum Gasteiger partial charge on any atom is 0.416 e. The van der Waals surface area contributed by atoms with Gasteiger partial charge in [-0.3, -0.25) is 0 Å². The Morgan fingerprint density at radius 1 is 0.903 bits per heavy atom. The van der Waals surface area contributed by atoms with Gasteiger partial charge < -0.3 is 4.74 Å². The van der Waals surface area contributed by atoms with Crippen molar-refractivity contribution in [3.8, 4) is 28.1 Å². The fraction of sp³-hybridized carbons (Fsp3) is 0.160. The molecule has 0 saturated carbocycles. The van der Waals surface area contributed by atoms with Crippen LogP contribution < -0.4 is 4.74 Å². The predicted octanol–water partition coefficient (Wildman–Crippen LogP) is 7.43. The van der Waals surface area contributed by atoms with E-state index in [-0.39, 0.29) is 0 Å². The van der Waals surface area contributed by atoms with Crippen molar-refractivity contribution in [1.29, 1.82) is 0 Å². The van der Waals surface area contributed by atoms with Gasteiger partial charge in [0.25, 0.3) is 0 Å². The molecule has 1 aromatic heterocycles. The van der Waals surface area contributed by atoms with Crippen LogP contribution in [0.5, 0.6) is 5.75 Å². The van der Waals surface area contributed by atoms with E-state index in [2.05, 4.69) is 4.98 Å². The lowest BCUT2D eigenvalue weighted by atomic mass is 9.99. The van der Waals surface area contributed by atoms with Gasteiger partial charge in [0.15, 0.2) is 0 Å². The molecule has 158 valence electrons. The number of hydrogen-bond acceptors (Lipinski definition) is 2. The van der Waals surface area contributed by atoms with Crippen LogP contribution in [0.1, 0.15) is 18.1 Å². The minimum atomic E-state index is -4.42. The van der Waals surface area contributed by atoms with Crippen LogP contribution in [-0.2, 0) is 6.18 Å². The number of para-hydroxylation sites is 1. The molecule has 6 heteroatoms. The van der Waals surface area contributed by atoms with Crippen molar-refractivity contribution in [2.24, 2.45) is 0 Å². The summed E-state index contributed by atoms with van der Waals surface area (Å²) in [6.07, 6.45) is -4.42. The van der Waals surface area contributed by atoms with Crippen LogP contribution in [-0.4, -0.2) is 11.6 Å². The molecule has 0 radical (unpaired) electrons. The van der Waals surface area contributed by atoms with Gasteiger partial charge >= 0.3 is 6.18 Å². The fourth-order valence-electron chi connectivity index (χ4n) is 3.58. The summed E-state index contributed by atoms with van der Waals surface area (Å²) in [5.74, 6) is 0.161. The first kappa shape index (κ1) is 20.8. The number of ether oxygens (including phenoxy) is 1. The zero-order valence-corrected chi connectivity index (χ0v) is 16.9. The zero-order valence-electron chi connectivity index (χ0n) is 16.9. The summed E-state index contributed by atoms with van der Waals surface area (Å²) in [5, 5.41) is 0.418. The molecule has 1 heterocycles. The molecule has 0 amide bonds. The number of rotatable bonds is 4. The number of nitrogens with zero attached hydrogens (tertiary/aromatic N) is 1. The monoisotopic (exact) mass is 425 g/mol. The van der Waals surface area contributed by atoms with Crippen molar-refractivity contribution in [2.75, 3.05) is 6.61 Å². The van der Waals surface area contributed by atoms with E-state index in [1.165, 1.54) is 12.1 Å². The van der Waals surface area contributed by atoms with Crippen molar-refractivity contribution in [3.05, 3.63) is 83.7 Å². The Hall–Kier alpha value is -3.41. The number of pyridine rings is 1. The van der Waals surface area contributed by atoms with Crippen LogP contribution in [0.25, 0.3) is 33.3 Å². The van der Waals surface area contributed by atoms with Crippen LogP contribution in [0, 0.1) is 12.7 Å². The molecule has 0 aliphatic carbocycles. The average Bonchev–Trinajstić information content (AvgIpc) is 2.73. The lowest BCUT2D eigenvalue weighted by Gasteiger charge is -2.13. The number of alkyl halides is 3. The minimum absolute atomic E-state index is 0.403. The third-order valence-electron chi connectivity index (χ3n) is 5.08. The third-order valence-corrected chi connectivity index (χ3v) is 5.08. The van der Waals surface area contributed by atoms with Crippen molar-refractivity contribution >= 4 is 10.9 Å². The van der Waals surface area contributed by atoms with Crippen LogP contribution >= 0.6 is 0 Å². The molecular weight excluding hydrogens is 406 g/mol. The molecule has 0 fully saturated rings. The van der Waals surface area contributed by atoms with Crippen molar-refractivity contribution in [2.45, 2.75) is 20.0 Å². The molecule has 4 rings (SSSR count). The highest BCUT2D eigenvalue weighted by atomic mass is 19.4. The molecule has 4 aromatic rings. The SMILES string of the molecule is CCOc1ccccc1-c1ccc(-c2cc(C)c3cc(C(F)(F)F)ccc3n2)cc1F. The van der Waals surface area contributed by atoms with E-state index in [4.69, 9.17) is 4.74 Å². The van der Waals surface area contributed by atoms with E-state index < -0.39 is 17.6 Å². The number of hydrogen-bond donors (Lipinski definition) is 0. The molecule has 0 aliphatic heterocycles. The topological polar surface area (TPSA) is 22.1 Å². The van der Waals surface area contributed by atoms with Gasteiger partial charge in [-0.25, -0.2) is 9.37 Å². The molecule has 0 bridgehead atoms. The van der Waals surface area contributed by atoms with E-state index in [0.29, 0.717) is 51.2 Å². The first-order chi connectivity index (χ1) is 14.8. The van der Waals surface area contributed by atoms with E-state index in [9.17, 15) is 13.2 Å². The molecular formula is C25H19F4NO. The maximum atomic E-state index is 15.0. The van der Waals surface area contributed by atoms with Gasteiger partial charge in [-0.05, 0) is 55.8 Å². The lowest BCUT2D eigenvalue weighted by molar-refractivity contribution is -0.137. The summed E-state index contributed by atoms with van der Waals surface area (Å²) in [6, 6.07) is 17.1. The number of fused-ring (bicyclic) bond motifs is 1. The Bertz CT molecular complexity index is 1260. The Morgan fingerprint density at radius 3 is 2.39 bits per heavy atom. The summed E-state index contributed by atoms with van der Waals surface area (Å²) in [4.78, 5) is 4.46. The molecule has 3 aromatic carbocycles. The van der Waals surface area contributed by atoms with Gasteiger partial charge in [-0.15, -0.1) is 0 Å². The number of halogens is 4. The summed E-state index contributed by atoms with van der Waals surface area (Å²) in [5.41, 5.74) is 2.43. The molecule has 0 N–H and O–H groups in total. The molecule has 0 spiro atoms. The van der Waals surface area contributed by atoms with Gasteiger partial charge in [0.1, 0.15) is 11.6 Å². The van der Waals surface area contributed by atoms with Gasteiger partial charge in [0.05, 0.1) is 23.4 Å². The van der Waals surface area contributed by atoms with Crippen molar-refractivity contribution in [1.82, 2.24) is 4.98 Å². The zero-order chi connectivity index (χ0) is 22.2. The van der Waals surface area contributed by atoms with E-state index in [0.717, 1.165) is 12.1 Å². The second-order valence-electron chi connectivity index (χ2n) is 7.18. The Kier molecular flexibility index (Phi) is 5.39. The first-order valence-electron chi connectivity index (χ1n) is 9.78. The van der Waals surface area contributed by atoms with Gasteiger partial charge in [-0.1, -0.05) is 30.3 Å².